The second-order valence-corrected chi connectivity index (χ2v) is 5.48. The van der Waals surface area contributed by atoms with Crippen molar-refractivity contribution in [2.24, 2.45) is 4.99 Å². The molecule has 1 aromatic rings. The maximum atomic E-state index is 6.20. The Labute approximate surface area is 148 Å². The Hall–Kier alpha value is -0.760. The van der Waals surface area contributed by atoms with Crippen molar-refractivity contribution in [1.29, 1.82) is 0 Å². The Bertz CT molecular complexity index is 480. The largest absolute Gasteiger partial charge is 0.353 e. The van der Waals surface area contributed by atoms with Gasteiger partial charge < -0.3 is 15.1 Å². The van der Waals surface area contributed by atoms with E-state index in [-0.39, 0.29) is 24.0 Å². The van der Waals surface area contributed by atoms with Gasteiger partial charge in [0, 0.05) is 46.0 Å². The first kappa shape index (κ1) is 18.3. The molecule has 5 nitrogen and oxygen atoms in total. The molecule has 0 bridgehead atoms. The van der Waals surface area contributed by atoms with Gasteiger partial charge >= 0.3 is 0 Å². The Morgan fingerprint density at radius 1 is 1.57 bits per heavy atom. The van der Waals surface area contributed by atoms with E-state index >= 15 is 0 Å². The molecule has 7 heteroatoms. The summed E-state index contributed by atoms with van der Waals surface area (Å²) in [6, 6.07) is 4.12. The van der Waals surface area contributed by atoms with Gasteiger partial charge in [0.15, 0.2) is 5.96 Å². The smallest absolute Gasteiger partial charge is 0.193 e. The molecule has 1 N–H and O–H groups in total. The van der Waals surface area contributed by atoms with Crippen molar-refractivity contribution in [1.82, 2.24) is 15.2 Å². The van der Waals surface area contributed by atoms with Gasteiger partial charge in [-0.3, -0.25) is 4.99 Å². The molecule has 0 aliphatic carbocycles. The lowest BCUT2D eigenvalue weighted by Crippen LogP contribution is -2.44. The van der Waals surface area contributed by atoms with Crippen molar-refractivity contribution in [3.8, 4) is 0 Å². The quantitative estimate of drug-likeness (QED) is 0.461. The van der Waals surface area contributed by atoms with Gasteiger partial charge in [0.25, 0.3) is 0 Å². The third-order valence-electron chi connectivity index (χ3n) is 3.29. The van der Waals surface area contributed by atoms with Gasteiger partial charge in [-0.2, -0.15) is 0 Å². The van der Waals surface area contributed by atoms with E-state index in [9.17, 15) is 0 Å². The maximum absolute atomic E-state index is 6.20. The summed E-state index contributed by atoms with van der Waals surface area (Å²) in [6.45, 7) is 4.68. The number of aromatic nitrogens is 1. The molecule has 1 aliphatic rings. The normalized spacial score (nSPS) is 18.4. The van der Waals surface area contributed by atoms with Gasteiger partial charge in [0.1, 0.15) is 5.82 Å². The molecule has 0 saturated carbocycles. The molecule has 0 spiro atoms. The average Bonchev–Trinajstić information content (AvgIpc) is 2.87. The Kier molecular flexibility index (Phi) is 7.51. The zero-order valence-electron chi connectivity index (χ0n) is 12.7. The van der Waals surface area contributed by atoms with Crippen molar-refractivity contribution in [3.63, 3.8) is 0 Å². The van der Waals surface area contributed by atoms with E-state index in [1.54, 1.807) is 6.20 Å². The van der Waals surface area contributed by atoms with E-state index in [0.29, 0.717) is 11.1 Å². The molecule has 1 atom stereocenters. The van der Waals surface area contributed by atoms with Gasteiger partial charge in [-0.1, -0.05) is 11.6 Å². The summed E-state index contributed by atoms with van der Waals surface area (Å²) in [5, 5.41) is 4.21. The van der Waals surface area contributed by atoms with Crippen LogP contribution in [0.4, 0.5) is 5.82 Å². The number of hydrogen-bond donors (Lipinski definition) is 1. The minimum absolute atomic E-state index is 0. The fraction of sp³-hybridized carbons (Fsp3) is 0.571. The van der Waals surface area contributed by atoms with Crippen LogP contribution < -0.4 is 10.2 Å². The molecule has 1 aromatic heterocycles. The molecular formula is C14H23ClIN5. The number of nitrogens with zero attached hydrogens (tertiary/aromatic N) is 4. The Morgan fingerprint density at radius 3 is 2.95 bits per heavy atom. The summed E-state index contributed by atoms with van der Waals surface area (Å²) in [7, 11) is 4.01. The molecule has 0 amide bonds. The molecular weight excluding hydrogens is 401 g/mol. The molecule has 1 fully saturated rings. The fourth-order valence-corrected chi connectivity index (χ4v) is 2.57. The van der Waals surface area contributed by atoms with E-state index in [4.69, 9.17) is 11.6 Å². The number of nitrogens with one attached hydrogen (secondary N) is 1. The number of rotatable bonds is 3. The Balaban J connectivity index is 0.00000220. The number of aliphatic imine (C=N–C) groups is 1. The fourth-order valence-electron chi connectivity index (χ4n) is 2.33. The molecule has 1 unspecified atom stereocenters. The standard InChI is InChI=1S/C14H22ClN5.HI/c1-4-16-14(19(2)3)18-11-7-9-20(10-11)13-12(15)6-5-8-17-13;/h5-6,8,11H,4,7,9-10H2,1-3H3,(H,16,18);1H. The number of pyridine rings is 1. The molecule has 1 saturated heterocycles. The van der Waals surface area contributed by atoms with Gasteiger partial charge in [0.2, 0.25) is 0 Å². The first-order valence-electron chi connectivity index (χ1n) is 6.95. The predicted molar refractivity (Wildman–Crippen MR) is 100 cm³/mol. The lowest BCUT2D eigenvalue weighted by atomic mass is 10.3. The first-order valence-corrected chi connectivity index (χ1v) is 7.33. The Morgan fingerprint density at radius 2 is 2.33 bits per heavy atom. The van der Waals surface area contributed by atoms with Crippen LogP contribution in [0.15, 0.2) is 23.3 Å². The van der Waals surface area contributed by atoms with Crippen molar-refractivity contribution in [3.05, 3.63) is 23.4 Å². The minimum Gasteiger partial charge on any atom is -0.353 e. The SMILES string of the molecule is CCN=C(NC1CCN(c2ncccc2Cl)C1)N(C)C.I. The van der Waals surface area contributed by atoms with Gasteiger partial charge in [-0.05, 0) is 25.5 Å². The van der Waals surface area contributed by atoms with Crippen molar-refractivity contribution in [2.45, 2.75) is 19.4 Å². The molecule has 2 rings (SSSR count). The minimum atomic E-state index is 0. The number of anilines is 1. The van der Waals surface area contributed by atoms with Crippen LogP contribution in [0.25, 0.3) is 0 Å². The van der Waals surface area contributed by atoms with Crippen LogP contribution >= 0.6 is 35.6 Å². The second-order valence-electron chi connectivity index (χ2n) is 5.08. The molecule has 0 aromatic carbocycles. The van der Waals surface area contributed by atoms with Gasteiger partial charge in [-0.25, -0.2) is 4.98 Å². The molecule has 21 heavy (non-hydrogen) atoms. The lowest BCUT2D eigenvalue weighted by molar-refractivity contribution is 0.546. The van der Waals surface area contributed by atoms with Crippen LogP contribution in [0.1, 0.15) is 13.3 Å². The van der Waals surface area contributed by atoms with E-state index in [1.165, 1.54) is 0 Å². The zero-order chi connectivity index (χ0) is 14.5. The summed E-state index contributed by atoms with van der Waals surface area (Å²) in [5.41, 5.74) is 0. The van der Waals surface area contributed by atoms with Crippen LogP contribution in [0.5, 0.6) is 0 Å². The van der Waals surface area contributed by atoms with Crippen molar-refractivity contribution < 1.29 is 0 Å². The summed E-state index contributed by atoms with van der Waals surface area (Å²) < 4.78 is 0. The molecule has 0 radical (unpaired) electrons. The summed E-state index contributed by atoms with van der Waals surface area (Å²) >= 11 is 6.20. The van der Waals surface area contributed by atoms with Gasteiger partial charge in [0.05, 0.1) is 5.02 Å². The first-order chi connectivity index (χ1) is 9.61. The number of hydrogen-bond acceptors (Lipinski definition) is 3. The van der Waals surface area contributed by atoms with Crippen LogP contribution in [0, 0.1) is 0 Å². The highest BCUT2D eigenvalue weighted by molar-refractivity contribution is 14.0. The van der Waals surface area contributed by atoms with E-state index < -0.39 is 0 Å². The van der Waals surface area contributed by atoms with E-state index in [1.807, 2.05) is 38.1 Å². The van der Waals surface area contributed by atoms with Crippen LogP contribution in [-0.4, -0.2) is 55.6 Å². The number of halogens is 2. The lowest BCUT2D eigenvalue weighted by Gasteiger charge is -2.22. The highest BCUT2D eigenvalue weighted by atomic mass is 127. The summed E-state index contributed by atoms with van der Waals surface area (Å²) in [5.74, 6) is 1.81. The maximum Gasteiger partial charge on any atom is 0.193 e. The van der Waals surface area contributed by atoms with E-state index in [2.05, 4.69) is 20.2 Å². The van der Waals surface area contributed by atoms with Crippen molar-refractivity contribution >= 4 is 47.4 Å². The van der Waals surface area contributed by atoms with Crippen molar-refractivity contribution in [2.75, 3.05) is 38.6 Å². The average molecular weight is 424 g/mol. The number of guanidine groups is 1. The highest BCUT2D eigenvalue weighted by Crippen LogP contribution is 2.25. The van der Waals surface area contributed by atoms with E-state index in [0.717, 1.165) is 37.8 Å². The third-order valence-corrected chi connectivity index (χ3v) is 3.59. The summed E-state index contributed by atoms with van der Waals surface area (Å²) in [4.78, 5) is 13.1. The monoisotopic (exact) mass is 423 g/mol. The third kappa shape index (κ3) is 4.88. The predicted octanol–water partition coefficient (Wildman–Crippen LogP) is 2.46. The summed E-state index contributed by atoms with van der Waals surface area (Å²) in [6.07, 6.45) is 2.84. The molecule has 2 heterocycles. The topological polar surface area (TPSA) is 43.8 Å². The van der Waals surface area contributed by atoms with Crippen LogP contribution in [0.2, 0.25) is 5.02 Å². The highest BCUT2D eigenvalue weighted by Gasteiger charge is 2.25. The van der Waals surface area contributed by atoms with Crippen LogP contribution in [-0.2, 0) is 0 Å². The second kappa shape index (κ2) is 8.63. The molecule has 1 aliphatic heterocycles. The zero-order valence-corrected chi connectivity index (χ0v) is 15.8. The van der Waals surface area contributed by atoms with Crippen LogP contribution in [0.3, 0.4) is 0 Å². The molecule has 118 valence electrons. The van der Waals surface area contributed by atoms with Gasteiger partial charge in [-0.15, -0.1) is 24.0 Å².